The third kappa shape index (κ3) is 5.71. The second kappa shape index (κ2) is 9.61. The summed E-state index contributed by atoms with van der Waals surface area (Å²) in [6.07, 6.45) is 0.460. The molecule has 8 nitrogen and oxygen atoms in total. The zero-order valence-corrected chi connectivity index (χ0v) is 19.0. The van der Waals surface area contributed by atoms with Crippen molar-refractivity contribution in [3.05, 3.63) is 51.9 Å². The van der Waals surface area contributed by atoms with Crippen LogP contribution < -0.4 is 5.32 Å². The van der Waals surface area contributed by atoms with Crippen molar-refractivity contribution in [3.63, 3.8) is 0 Å². The average Bonchev–Trinajstić information content (AvgIpc) is 3.04. The van der Waals surface area contributed by atoms with Gasteiger partial charge in [0.15, 0.2) is 9.84 Å². The van der Waals surface area contributed by atoms with Crippen molar-refractivity contribution in [2.24, 2.45) is 0 Å². The van der Waals surface area contributed by atoms with Crippen LogP contribution in [0.3, 0.4) is 0 Å². The number of benzene rings is 1. The Hall–Kier alpha value is -2.72. The van der Waals surface area contributed by atoms with Crippen LogP contribution in [0.15, 0.2) is 30.3 Å². The molecular formula is C21H24N2O6S2. The molecule has 0 spiro atoms. The quantitative estimate of drug-likeness (QED) is 0.630. The number of hydrogen-bond acceptors (Lipinski definition) is 7. The highest BCUT2D eigenvalue weighted by molar-refractivity contribution is 7.91. The first-order chi connectivity index (χ1) is 14.7. The van der Waals surface area contributed by atoms with Crippen molar-refractivity contribution in [2.75, 3.05) is 24.2 Å². The van der Waals surface area contributed by atoms with Gasteiger partial charge in [0.05, 0.1) is 24.5 Å². The molecule has 2 amide bonds. The second-order valence-corrected chi connectivity index (χ2v) is 10.4. The van der Waals surface area contributed by atoms with Gasteiger partial charge in [0.25, 0.3) is 0 Å². The third-order valence-corrected chi connectivity index (χ3v) is 7.42. The van der Waals surface area contributed by atoms with E-state index in [0.717, 1.165) is 10.4 Å². The van der Waals surface area contributed by atoms with Gasteiger partial charge in [-0.3, -0.25) is 9.59 Å². The van der Waals surface area contributed by atoms with Crippen LogP contribution >= 0.6 is 11.3 Å². The molecule has 10 heteroatoms. The topological polar surface area (TPSA) is 110 Å². The molecule has 1 N–H and O–H groups in total. The molecule has 1 aromatic carbocycles. The summed E-state index contributed by atoms with van der Waals surface area (Å²) in [6.45, 7) is 4.13. The van der Waals surface area contributed by atoms with Gasteiger partial charge in [-0.1, -0.05) is 30.3 Å². The molecule has 166 valence electrons. The first-order valence-corrected chi connectivity index (χ1v) is 12.5. The van der Waals surface area contributed by atoms with Crippen LogP contribution in [0.1, 0.15) is 40.2 Å². The van der Waals surface area contributed by atoms with Gasteiger partial charge in [0.1, 0.15) is 10.8 Å². The van der Waals surface area contributed by atoms with E-state index in [1.54, 1.807) is 42.2 Å². The number of anilines is 1. The number of carbonyl (C=O) groups is 3. The van der Waals surface area contributed by atoms with Crippen LogP contribution in [-0.4, -0.2) is 50.0 Å². The lowest BCUT2D eigenvalue weighted by molar-refractivity contribution is -0.129. The molecule has 0 unspecified atom stereocenters. The number of esters is 1. The van der Waals surface area contributed by atoms with Gasteiger partial charge in [0, 0.05) is 18.3 Å². The number of ether oxygens (including phenoxy) is 1. The lowest BCUT2D eigenvalue weighted by atomic mass is 10.0. The molecule has 1 aliphatic heterocycles. The molecule has 2 aromatic rings. The molecule has 3 rings (SSSR count). The Kier molecular flexibility index (Phi) is 7.11. The fourth-order valence-electron chi connectivity index (χ4n) is 3.42. The summed E-state index contributed by atoms with van der Waals surface area (Å²) in [4.78, 5) is 39.3. The first kappa shape index (κ1) is 23.0. The third-order valence-electron chi connectivity index (χ3n) is 4.82. The number of nitrogens with zero attached hydrogens (tertiary/aromatic N) is 1. The molecule has 0 atom stereocenters. The summed E-state index contributed by atoms with van der Waals surface area (Å²) in [6, 6.07) is 8.62. The summed E-state index contributed by atoms with van der Waals surface area (Å²) < 4.78 is 30.0. The van der Waals surface area contributed by atoms with Gasteiger partial charge in [-0.15, -0.1) is 11.3 Å². The van der Waals surface area contributed by atoms with E-state index in [1.807, 2.05) is 0 Å². The van der Waals surface area contributed by atoms with Gasteiger partial charge >= 0.3 is 5.97 Å². The monoisotopic (exact) mass is 464 g/mol. The van der Waals surface area contributed by atoms with Gasteiger partial charge in [-0.05, 0) is 24.5 Å². The highest BCUT2D eigenvalue weighted by atomic mass is 32.2. The fraction of sp³-hybridized carbons (Fsp3) is 0.381. The lowest BCUT2D eigenvalue weighted by Crippen LogP contribution is -2.34. The standard InChI is InChI=1S/C21H24N2O6S2/c1-3-29-21(26)19-16-9-10-23(14(2)24)11-17(16)30-20(19)22-18(25)13-31(27,28)12-15-7-5-4-6-8-15/h4-8H,3,9-13H2,1-2H3,(H,22,25). The summed E-state index contributed by atoms with van der Waals surface area (Å²) >= 11 is 1.17. The molecule has 0 saturated heterocycles. The molecule has 31 heavy (non-hydrogen) atoms. The number of hydrogen-bond donors (Lipinski definition) is 1. The van der Waals surface area contributed by atoms with Crippen molar-refractivity contribution in [1.29, 1.82) is 0 Å². The van der Waals surface area contributed by atoms with Gasteiger partial charge < -0.3 is 15.0 Å². The summed E-state index contributed by atoms with van der Waals surface area (Å²) in [5.74, 6) is -2.32. The number of amides is 2. The van der Waals surface area contributed by atoms with E-state index in [1.165, 1.54) is 18.3 Å². The van der Waals surface area contributed by atoms with Crippen molar-refractivity contribution in [3.8, 4) is 0 Å². The lowest BCUT2D eigenvalue weighted by Gasteiger charge is -2.25. The van der Waals surface area contributed by atoms with Crippen molar-refractivity contribution in [2.45, 2.75) is 32.6 Å². The minimum Gasteiger partial charge on any atom is -0.462 e. The number of sulfone groups is 1. The normalized spacial score (nSPS) is 13.4. The van der Waals surface area contributed by atoms with Gasteiger partial charge in [-0.2, -0.15) is 0 Å². The molecule has 0 fully saturated rings. The van der Waals surface area contributed by atoms with Crippen LogP contribution in [0.2, 0.25) is 0 Å². The molecule has 1 aliphatic rings. The van der Waals surface area contributed by atoms with Crippen LogP contribution in [0, 0.1) is 0 Å². The van der Waals surface area contributed by atoms with Gasteiger partial charge in [0.2, 0.25) is 11.8 Å². The van der Waals surface area contributed by atoms with E-state index in [4.69, 9.17) is 4.74 Å². The van der Waals surface area contributed by atoms with Crippen LogP contribution in [0.4, 0.5) is 5.00 Å². The number of carbonyl (C=O) groups excluding carboxylic acids is 3. The van der Waals surface area contributed by atoms with Crippen molar-refractivity contribution in [1.82, 2.24) is 4.90 Å². The Morgan fingerprint density at radius 1 is 1.19 bits per heavy atom. The molecule has 2 heterocycles. The van der Waals surface area contributed by atoms with Crippen LogP contribution in [0.5, 0.6) is 0 Å². The predicted molar refractivity (Wildman–Crippen MR) is 118 cm³/mol. The zero-order chi connectivity index (χ0) is 22.6. The van der Waals surface area contributed by atoms with Crippen LogP contribution in [-0.2, 0) is 42.9 Å². The van der Waals surface area contributed by atoms with E-state index in [-0.39, 0.29) is 28.8 Å². The van der Waals surface area contributed by atoms with E-state index < -0.39 is 27.5 Å². The SMILES string of the molecule is CCOC(=O)c1c(NC(=O)CS(=O)(=O)Cc2ccccc2)sc2c1CCN(C(C)=O)C2. The Morgan fingerprint density at radius 2 is 1.90 bits per heavy atom. The Morgan fingerprint density at radius 3 is 2.55 bits per heavy atom. The number of thiophene rings is 1. The maximum Gasteiger partial charge on any atom is 0.341 e. The maximum absolute atomic E-state index is 12.6. The Bertz CT molecular complexity index is 1090. The Balaban J connectivity index is 1.80. The number of fused-ring (bicyclic) bond motifs is 1. The van der Waals surface area contributed by atoms with Gasteiger partial charge in [-0.25, -0.2) is 13.2 Å². The summed E-state index contributed by atoms with van der Waals surface area (Å²) in [5.41, 5.74) is 1.58. The smallest absolute Gasteiger partial charge is 0.341 e. The van der Waals surface area contributed by atoms with E-state index >= 15 is 0 Å². The minimum absolute atomic E-state index is 0.0747. The zero-order valence-electron chi connectivity index (χ0n) is 17.3. The largest absolute Gasteiger partial charge is 0.462 e. The molecule has 0 bridgehead atoms. The number of nitrogens with one attached hydrogen (secondary N) is 1. The molecule has 1 aromatic heterocycles. The summed E-state index contributed by atoms with van der Waals surface area (Å²) in [5, 5.41) is 2.85. The first-order valence-electron chi connectivity index (χ1n) is 9.81. The molecule has 0 radical (unpaired) electrons. The highest BCUT2D eigenvalue weighted by Gasteiger charge is 2.30. The van der Waals surface area contributed by atoms with E-state index in [2.05, 4.69) is 5.32 Å². The molecule has 0 aliphatic carbocycles. The average molecular weight is 465 g/mol. The van der Waals surface area contributed by atoms with Crippen LogP contribution in [0.25, 0.3) is 0 Å². The highest BCUT2D eigenvalue weighted by Crippen LogP contribution is 2.37. The fourth-order valence-corrected chi connectivity index (χ4v) is 5.96. The molecule has 0 saturated carbocycles. The van der Waals surface area contributed by atoms with E-state index in [9.17, 15) is 22.8 Å². The second-order valence-electron chi connectivity index (χ2n) is 7.18. The van der Waals surface area contributed by atoms with Crippen molar-refractivity contribution < 1.29 is 27.5 Å². The maximum atomic E-state index is 12.6. The summed E-state index contributed by atoms with van der Waals surface area (Å²) in [7, 11) is -3.70. The minimum atomic E-state index is -3.70. The number of rotatable bonds is 7. The van der Waals surface area contributed by atoms with E-state index in [0.29, 0.717) is 25.1 Å². The predicted octanol–water partition coefficient (Wildman–Crippen LogP) is 2.38. The van der Waals surface area contributed by atoms with Crippen molar-refractivity contribution >= 4 is 44.0 Å². The molecular weight excluding hydrogens is 440 g/mol. The Labute approximate surface area is 185 Å².